The van der Waals surface area contributed by atoms with Crippen molar-refractivity contribution in [3.8, 4) is 0 Å². The van der Waals surface area contributed by atoms with Crippen LogP contribution in [0.15, 0.2) is 18.2 Å². The van der Waals surface area contributed by atoms with Gasteiger partial charge in [0.15, 0.2) is 0 Å². The first-order valence-corrected chi connectivity index (χ1v) is 16.5. The van der Waals surface area contributed by atoms with Crippen molar-refractivity contribution in [1.29, 1.82) is 0 Å². The molecule has 226 valence electrons. The highest BCUT2D eigenvalue weighted by Crippen LogP contribution is 2.57. The fourth-order valence-corrected chi connectivity index (χ4v) is 7.88. The Balaban J connectivity index is 1.57. The minimum atomic E-state index is -0.426. The predicted octanol–water partition coefficient (Wildman–Crippen LogP) is 7.25. The molecule has 0 bridgehead atoms. The van der Waals surface area contributed by atoms with Gasteiger partial charge in [-0.25, -0.2) is 0 Å². The van der Waals surface area contributed by atoms with Crippen molar-refractivity contribution in [3.63, 3.8) is 0 Å². The second-order valence-corrected chi connectivity index (χ2v) is 13.8. The van der Waals surface area contributed by atoms with Gasteiger partial charge in [-0.15, -0.1) is 0 Å². The summed E-state index contributed by atoms with van der Waals surface area (Å²) >= 11 is 0. The monoisotopic (exact) mass is 553 g/mol. The number of nitrogens with two attached hydrogens (primary N) is 1. The van der Waals surface area contributed by atoms with Gasteiger partial charge >= 0.3 is 0 Å². The first kappa shape index (κ1) is 32.6. The standard InChI is InChI=1S/C35H59N3O2/c1-6-7-8-9-10-11-12-13-14-22-37-24-33(40)38(25-32(36)39)26-34(4)20-15-21-35(5)30-23-29(27(2)3)17-16-28(30)18-19-31(34)35/h16-17,23,27,31,37H,6-15,18-22,24-26H2,1-5H3,(H2,36,39)/t31-,34+,35+/m0/s1. The van der Waals surface area contributed by atoms with Crippen molar-refractivity contribution in [2.75, 3.05) is 26.2 Å². The predicted molar refractivity (Wildman–Crippen MR) is 168 cm³/mol. The maximum absolute atomic E-state index is 13.4. The number of carbonyl (C=O) groups excluding carboxylic acids is 2. The number of fused-ring (bicyclic) bond motifs is 3. The molecule has 0 aliphatic heterocycles. The van der Waals surface area contributed by atoms with E-state index in [0.29, 0.717) is 18.4 Å². The van der Waals surface area contributed by atoms with Crippen LogP contribution in [0.25, 0.3) is 0 Å². The number of hydrogen-bond donors (Lipinski definition) is 2. The number of rotatable bonds is 17. The van der Waals surface area contributed by atoms with Crippen molar-refractivity contribution in [2.24, 2.45) is 17.1 Å². The number of carbonyl (C=O) groups is 2. The molecule has 3 N–H and O–H groups in total. The lowest BCUT2D eigenvalue weighted by Crippen LogP contribution is -2.55. The average molecular weight is 554 g/mol. The zero-order valence-electron chi connectivity index (χ0n) is 26.5. The van der Waals surface area contributed by atoms with Gasteiger partial charge in [-0.05, 0) is 78.0 Å². The van der Waals surface area contributed by atoms with Crippen LogP contribution in [0.5, 0.6) is 0 Å². The SMILES string of the molecule is CCCCCCCCCCCNCC(=O)N(CC(N)=O)C[C@@]1(C)CCC[C@]2(C)c3cc(C(C)C)ccc3CC[C@@H]12. The Kier molecular flexibility index (Phi) is 12.5. The molecule has 0 unspecified atom stereocenters. The number of nitrogens with zero attached hydrogens (tertiary/aromatic N) is 1. The molecular formula is C35H59N3O2. The highest BCUT2D eigenvalue weighted by Gasteiger charge is 2.52. The minimum absolute atomic E-state index is 0.00142. The summed E-state index contributed by atoms with van der Waals surface area (Å²) in [5, 5.41) is 3.36. The summed E-state index contributed by atoms with van der Waals surface area (Å²) in [6.07, 6.45) is 17.3. The summed E-state index contributed by atoms with van der Waals surface area (Å²) in [6, 6.07) is 7.14. The van der Waals surface area contributed by atoms with E-state index in [2.05, 4.69) is 58.1 Å². The Morgan fingerprint density at radius 2 is 1.70 bits per heavy atom. The minimum Gasteiger partial charge on any atom is -0.368 e. The summed E-state index contributed by atoms with van der Waals surface area (Å²) in [4.78, 5) is 27.2. The maximum atomic E-state index is 13.4. The normalized spacial score (nSPS) is 24.0. The lowest BCUT2D eigenvalue weighted by molar-refractivity contribution is -0.137. The van der Waals surface area contributed by atoms with Crippen LogP contribution < -0.4 is 11.1 Å². The van der Waals surface area contributed by atoms with E-state index in [1.807, 2.05) is 0 Å². The highest BCUT2D eigenvalue weighted by molar-refractivity contribution is 5.84. The van der Waals surface area contributed by atoms with Crippen LogP contribution in [0, 0.1) is 11.3 Å². The number of nitrogens with one attached hydrogen (secondary N) is 1. The summed E-state index contributed by atoms with van der Waals surface area (Å²) in [6.45, 7) is 13.4. The van der Waals surface area contributed by atoms with E-state index in [9.17, 15) is 9.59 Å². The van der Waals surface area contributed by atoms with E-state index in [4.69, 9.17) is 5.73 Å². The van der Waals surface area contributed by atoms with Crippen molar-refractivity contribution >= 4 is 11.8 Å². The molecule has 0 heterocycles. The molecule has 5 heteroatoms. The molecule has 0 saturated heterocycles. The van der Waals surface area contributed by atoms with Crippen LogP contribution in [-0.4, -0.2) is 42.9 Å². The number of unbranched alkanes of at least 4 members (excludes halogenated alkanes) is 8. The van der Waals surface area contributed by atoms with Crippen LogP contribution in [0.4, 0.5) is 0 Å². The van der Waals surface area contributed by atoms with Crippen molar-refractivity contribution in [1.82, 2.24) is 10.2 Å². The van der Waals surface area contributed by atoms with Crippen LogP contribution in [0.3, 0.4) is 0 Å². The molecule has 0 spiro atoms. The number of benzene rings is 1. The van der Waals surface area contributed by atoms with Gasteiger partial charge in [0.2, 0.25) is 11.8 Å². The third-order valence-electron chi connectivity index (χ3n) is 10.2. The van der Waals surface area contributed by atoms with E-state index in [-0.39, 0.29) is 29.8 Å². The molecule has 0 radical (unpaired) electrons. The Hall–Kier alpha value is -1.88. The number of aryl methyl sites for hydroxylation is 1. The zero-order chi connectivity index (χ0) is 29.2. The van der Waals surface area contributed by atoms with E-state index < -0.39 is 5.91 Å². The van der Waals surface area contributed by atoms with E-state index in [1.54, 1.807) is 4.90 Å². The molecule has 2 aliphatic rings. The van der Waals surface area contributed by atoms with E-state index >= 15 is 0 Å². The van der Waals surface area contributed by atoms with Crippen molar-refractivity contribution in [3.05, 3.63) is 34.9 Å². The van der Waals surface area contributed by atoms with Crippen LogP contribution >= 0.6 is 0 Å². The molecule has 1 saturated carbocycles. The first-order valence-electron chi connectivity index (χ1n) is 16.5. The number of hydrogen-bond acceptors (Lipinski definition) is 3. The summed E-state index contributed by atoms with van der Waals surface area (Å²) in [5.41, 5.74) is 10.1. The molecule has 1 fully saturated rings. The highest BCUT2D eigenvalue weighted by atomic mass is 16.2. The van der Waals surface area contributed by atoms with Gasteiger partial charge in [0.25, 0.3) is 0 Å². The van der Waals surface area contributed by atoms with Gasteiger partial charge in [-0.3, -0.25) is 9.59 Å². The number of primary amides is 1. The Bertz CT molecular complexity index is 960. The third kappa shape index (κ3) is 8.57. The Labute approximate surface area is 245 Å². The molecule has 1 aromatic rings. The van der Waals surface area contributed by atoms with Gasteiger partial charge < -0.3 is 16.0 Å². The summed E-state index contributed by atoms with van der Waals surface area (Å²) in [7, 11) is 0. The smallest absolute Gasteiger partial charge is 0.237 e. The molecular weight excluding hydrogens is 494 g/mol. The molecule has 3 atom stereocenters. The molecule has 5 nitrogen and oxygen atoms in total. The molecule has 2 aliphatic carbocycles. The van der Waals surface area contributed by atoms with Crippen molar-refractivity contribution < 1.29 is 9.59 Å². The largest absolute Gasteiger partial charge is 0.368 e. The number of amides is 2. The zero-order valence-corrected chi connectivity index (χ0v) is 26.5. The van der Waals surface area contributed by atoms with Crippen LogP contribution in [0.1, 0.15) is 141 Å². The fraction of sp³-hybridized carbons (Fsp3) is 0.771. The van der Waals surface area contributed by atoms with Gasteiger partial charge in [-0.2, -0.15) is 0 Å². The summed E-state index contributed by atoms with van der Waals surface area (Å²) < 4.78 is 0. The Morgan fingerprint density at radius 3 is 2.35 bits per heavy atom. The third-order valence-corrected chi connectivity index (χ3v) is 10.2. The average Bonchev–Trinajstić information content (AvgIpc) is 2.90. The van der Waals surface area contributed by atoms with E-state index in [0.717, 1.165) is 38.6 Å². The van der Waals surface area contributed by atoms with E-state index in [1.165, 1.54) is 74.5 Å². The Morgan fingerprint density at radius 1 is 1.02 bits per heavy atom. The molecule has 1 aromatic carbocycles. The second-order valence-electron chi connectivity index (χ2n) is 13.8. The molecule has 40 heavy (non-hydrogen) atoms. The lowest BCUT2D eigenvalue weighted by atomic mass is 9.49. The molecule has 3 rings (SSSR count). The first-order chi connectivity index (χ1) is 19.1. The second kappa shape index (κ2) is 15.4. The van der Waals surface area contributed by atoms with Gasteiger partial charge in [0.05, 0.1) is 13.1 Å². The lowest BCUT2D eigenvalue weighted by Gasteiger charge is -2.56. The fourth-order valence-electron chi connectivity index (χ4n) is 7.88. The quantitative estimate of drug-likeness (QED) is 0.199. The van der Waals surface area contributed by atoms with Gasteiger partial charge in [-0.1, -0.05) is 111 Å². The summed E-state index contributed by atoms with van der Waals surface area (Å²) in [5.74, 6) is 0.560. The topological polar surface area (TPSA) is 75.4 Å². The van der Waals surface area contributed by atoms with Crippen molar-refractivity contribution in [2.45, 2.75) is 136 Å². The van der Waals surface area contributed by atoms with Gasteiger partial charge in [0.1, 0.15) is 0 Å². The van der Waals surface area contributed by atoms with Crippen LogP contribution in [0.2, 0.25) is 0 Å². The van der Waals surface area contributed by atoms with Gasteiger partial charge in [0, 0.05) is 6.54 Å². The van der Waals surface area contributed by atoms with Crippen LogP contribution in [-0.2, 0) is 21.4 Å². The maximum Gasteiger partial charge on any atom is 0.237 e. The molecule has 2 amide bonds. The molecule has 0 aromatic heterocycles.